The molecular formula is C15H26N2O3. The van der Waals surface area contributed by atoms with Crippen LogP contribution in [-0.2, 0) is 14.3 Å². The van der Waals surface area contributed by atoms with Crippen molar-refractivity contribution in [3.8, 4) is 0 Å². The van der Waals surface area contributed by atoms with E-state index in [0.717, 1.165) is 26.1 Å². The molecule has 2 saturated heterocycles. The van der Waals surface area contributed by atoms with E-state index in [0.29, 0.717) is 5.92 Å². The molecule has 0 aromatic heterocycles. The maximum absolute atomic E-state index is 12.7. The van der Waals surface area contributed by atoms with Crippen molar-refractivity contribution < 1.29 is 14.3 Å². The quantitative estimate of drug-likeness (QED) is 0.845. The van der Waals surface area contributed by atoms with Crippen LogP contribution >= 0.6 is 0 Å². The number of amides is 2. The molecule has 2 rings (SSSR count). The minimum atomic E-state index is -0.388. The third-order valence-corrected chi connectivity index (χ3v) is 4.67. The third-order valence-electron chi connectivity index (χ3n) is 4.67. The van der Waals surface area contributed by atoms with Crippen molar-refractivity contribution in [3.05, 3.63) is 0 Å². The van der Waals surface area contributed by atoms with Gasteiger partial charge in [-0.1, -0.05) is 13.8 Å². The standard InChI is InChI=1S/C15H26N2O3/c1-9(2)13-15(19)17(11(4)14(18)16-13)10(3)12-5-7-20-8-6-12/h9-13H,5-8H2,1-4H3,(H,16,18). The maximum Gasteiger partial charge on any atom is 0.246 e. The Kier molecular flexibility index (Phi) is 4.68. The first-order chi connectivity index (χ1) is 9.43. The predicted molar refractivity (Wildman–Crippen MR) is 76.1 cm³/mol. The van der Waals surface area contributed by atoms with E-state index in [-0.39, 0.29) is 35.9 Å². The molecule has 3 unspecified atom stereocenters. The van der Waals surface area contributed by atoms with E-state index in [1.807, 2.05) is 20.8 Å². The average molecular weight is 282 g/mol. The van der Waals surface area contributed by atoms with Gasteiger partial charge in [0.1, 0.15) is 12.1 Å². The second-order valence-corrected chi connectivity index (χ2v) is 6.34. The number of rotatable bonds is 3. The molecule has 1 N–H and O–H groups in total. The van der Waals surface area contributed by atoms with Crippen LogP contribution in [0.15, 0.2) is 0 Å². The molecule has 114 valence electrons. The second kappa shape index (κ2) is 6.12. The second-order valence-electron chi connectivity index (χ2n) is 6.34. The monoisotopic (exact) mass is 282 g/mol. The minimum Gasteiger partial charge on any atom is -0.381 e. The SMILES string of the molecule is CC(C)C1NC(=O)C(C)N(C(C)C2CCOCC2)C1=O. The molecule has 0 radical (unpaired) electrons. The molecule has 0 bridgehead atoms. The molecular weight excluding hydrogens is 256 g/mol. The fourth-order valence-corrected chi connectivity index (χ4v) is 3.24. The Labute approximate surface area is 121 Å². The molecule has 0 aromatic carbocycles. The summed E-state index contributed by atoms with van der Waals surface area (Å²) < 4.78 is 5.39. The van der Waals surface area contributed by atoms with Crippen LogP contribution in [0.5, 0.6) is 0 Å². The summed E-state index contributed by atoms with van der Waals surface area (Å²) in [6.07, 6.45) is 1.93. The normalized spacial score (nSPS) is 30.6. The lowest BCUT2D eigenvalue weighted by molar-refractivity contribution is -0.154. The van der Waals surface area contributed by atoms with Gasteiger partial charge in [-0.15, -0.1) is 0 Å². The zero-order chi connectivity index (χ0) is 14.9. The molecule has 0 aliphatic carbocycles. The van der Waals surface area contributed by atoms with Gasteiger partial charge in [0, 0.05) is 19.3 Å². The van der Waals surface area contributed by atoms with Crippen molar-refractivity contribution in [1.82, 2.24) is 10.2 Å². The number of nitrogens with zero attached hydrogens (tertiary/aromatic N) is 1. The van der Waals surface area contributed by atoms with Crippen LogP contribution in [0.3, 0.4) is 0 Å². The van der Waals surface area contributed by atoms with Crippen LogP contribution in [0.2, 0.25) is 0 Å². The van der Waals surface area contributed by atoms with Crippen molar-refractivity contribution in [1.29, 1.82) is 0 Å². The summed E-state index contributed by atoms with van der Waals surface area (Å²) in [5, 5.41) is 2.85. The number of nitrogens with one attached hydrogen (secondary N) is 1. The van der Waals surface area contributed by atoms with Gasteiger partial charge >= 0.3 is 0 Å². The Hall–Kier alpha value is -1.10. The molecule has 5 heteroatoms. The van der Waals surface area contributed by atoms with Crippen molar-refractivity contribution >= 4 is 11.8 Å². The van der Waals surface area contributed by atoms with E-state index >= 15 is 0 Å². The molecule has 20 heavy (non-hydrogen) atoms. The lowest BCUT2D eigenvalue weighted by atomic mass is 9.88. The fourth-order valence-electron chi connectivity index (χ4n) is 3.24. The molecule has 2 aliphatic rings. The molecule has 2 heterocycles. The van der Waals surface area contributed by atoms with Gasteiger partial charge in [-0.05, 0) is 38.5 Å². The molecule has 0 spiro atoms. The van der Waals surface area contributed by atoms with Gasteiger partial charge in [-0.2, -0.15) is 0 Å². The number of ether oxygens (including phenoxy) is 1. The Morgan fingerprint density at radius 2 is 1.80 bits per heavy atom. The first-order valence-corrected chi connectivity index (χ1v) is 7.63. The van der Waals surface area contributed by atoms with Crippen LogP contribution in [0.25, 0.3) is 0 Å². The summed E-state index contributed by atoms with van der Waals surface area (Å²) in [6, 6.07) is -0.676. The zero-order valence-electron chi connectivity index (χ0n) is 12.9. The first kappa shape index (κ1) is 15.3. The zero-order valence-corrected chi connectivity index (χ0v) is 12.9. The summed E-state index contributed by atoms with van der Waals surface area (Å²) >= 11 is 0. The Morgan fingerprint density at radius 3 is 2.35 bits per heavy atom. The number of carbonyl (C=O) groups is 2. The van der Waals surface area contributed by atoms with Crippen molar-refractivity contribution in [2.75, 3.05) is 13.2 Å². The summed E-state index contributed by atoms with van der Waals surface area (Å²) in [5.41, 5.74) is 0. The number of hydrogen-bond acceptors (Lipinski definition) is 3. The largest absolute Gasteiger partial charge is 0.381 e. The number of hydrogen-bond donors (Lipinski definition) is 1. The summed E-state index contributed by atoms with van der Waals surface area (Å²) in [5.74, 6) is 0.561. The summed E-state index contributed by atoms with van der Waals surface area (Å²) in [4.78, 5) is 26.6. The van der Waals surface area contributed by atoms with Gasteiger partial charge in [0.15, 0.2) is 0 Å². The number of piperazine rings is 1. The van der Waals surface area contributed by atoms with Crippen LogP contribution in [0, 0.1) is 11.8 Å². The predicted octanol–water partition coefficient (Wildman–Crippen LogP) is 1.17. The molecule has 5 nitrogen and oxygen atoms in total. The van der Waals surface area contributed by atoms with E-state index in [2.05, 4.69) is 12.2 Å². The fraction of sp³-hybridized carbons (Fsp3) is 0.867. The Bertz CT molecular complexity index is 377. The van der Waals surface area contributed by atoms with Gasteiger partial charge < -0.3 is 15.0 Å². The Balaban J connectivity index is 2.17. The molecule has 2 amide bonds. The van der Waals surface area contributed by atoms with Crippen LogP contribution in [0.1, 0.15) is 40.5 Å². The smallest absolute Gasteiger partial charge is 0.246 e. The first-order valence-electron chi connectivity index (χ1n) is 7.63. The van der Waals surface area contributed by atoms with E-state index < -0.39 is 0 Å². The molecule has 3 atom stereocenters. The number of carbonyl (C=O) groups excluding carboxylic acids is 2. The summed E-state index contributed by atoms with van der Waals surface area (Å²) in [6.45, 7) is 9.34. The van der Waals surface area contributed by atoms with E-state index in [9.17, 15) is 9.59 Å². The molecule has 2 fully saturated rings. The van der Waals surface area contributed by atoms with E-state index in [4.69, 9.17) is 4.74 Å². The van der Waals surface area contributed by atoms with Crippen molar-refractivity contribution in [3.63, 3.8) is 0 Å². The van der Waals surface area contributed by atoms with Gasteiger partial charge in [0.05, 0.1) is 0 Å². The topological polar surface area (TPSA) is 58.6 Å². The average Bonchev–Trinajstić information content (AvgIpc) is 2.43. The van der Waals surface area contributed by atoms with Crippen molar-refractivity contribution in [2.45, 2.75) is 58.7 Å². The highest BCUT2D eigenvalue weighted by molar-refractivity contribution is 5.97. The van der Waals surface area contributed by atoms with Gasteiger partial charge in [0.2, 0.25) is 11.8 Å². The maximum atomic E-state index is 12.7. The highest BCUT2D eigenvalue weighted by Crippen LogP contribution is 2.27. The van der Waals surface area contributed by atoms with Gasteiger partial charge in [0.25, 0.3) is 0 Å². The van der Waals surface area contributed by atoms with E-state index in [1.165, 1.54) is 0 Å². The van der Waals surface area contributed by atoms with Gasteiger partial charge in [-0.25, -0.2) is 0 Å². The van der Waals surface area contributed by atoms with Gasteiger partial charge in [-0.3, -0.25) is 9.59 Å². The van der Waals surface area contributed by atoms with Crippen molar-refractivity contribution in [2.24, 2.45) is 11.8 Å². The van der Waals surface area contributed by atoms with E-state index in [1.54, 1.807) is 4.90 Å². The van der Waals surface area contributed by atoms with Crippen LogP contribution in [0.4, 0.5) is 0 Å². The molecule has 2 aliphatic heterocycles. The minimum absolute atomic E-state index is 0.0396. The third kappa shape index (κ3) is 2.82. The van der Waals surface area contributed by atoms with Crippen LogP contribution in [-0.4, -0.2) is 48.1 Å². The van der Waals surface area contributed by atoms with Crippen LogP contribution < -0.4 is 5.32 Å². The highest BCUT2D eigenvalue weighted by Gasteiger charge is 2.43. The summed E-state index contributed by atoms with van der Waals surface area (Å²) in [7, 11) is 0. The Morgan fingerprint density at radius 1 is 1.20 bits per heavy atom. The lowest BCUT2D eigenvalue weighted by Crippen LogP contribution is -2.66. The lowest BCUT2D eigenvalue weighted by Gasteiger charge is -2.45. The molecule has 0 aromatic rings. The highest BCUT2D eigenvalue weighted by atomic mass is 16.5. The molecule has 0 saturated carbocycles.